The van der Waals surface area contributed by atoms with Crippen molar-refractivity contribution in [3.63, 3.8) is 0 Å². The first kappa shape index (κ1) is 13.0. The van der Waals surface area contributed by atoms with Crippen LogP contribution in [0.4, 0.5) is 0 Å². The van der Waals surface area contributed by atoms with Gasteiger partial charge in [0, 0.05) is 17.0 Å². The SMILES string of the molecule is CSc1ccc(CNC2(C)CCCCC2)cc1. The van der Waals surface area contributed by atoms with E-state index in [0.29, 0.717) is 5.54 Å². The highest BCUT2D eigenvalue weighted by molar-refractivity contribution is 7.98. The summed E-state index contributed by atoms with van der Waals surface area (Å²) in [6, 6.07) is 8.91. The standard InChI is InChI=1S/C15H23NS/c1-15(10-4-3-5-11-15)16-12-13-6-8-14(17-2)9-7-13/h6-9,16H,3-5,10-12H2,1-2H3. The Morgan fingerprint density at radius 1 is 1.12 bits per heavy atom. The highest BCUT2D eigenvalue weighted by Crippen LogP contribution is 2.27. The fraction of sp³-hybridized carbons (Fsp3) is 0.600. The normalized spacial score (nSPS) is 19.2. The maximum absolute atomic E-state index is 3.74. The minimum atomic E-state index is 0.371. The van der Waals surface area contributed by atoms with E-state index < -0.39 is 0 Å². The van der Waals surface area contributed by atoms with Crippen molar-refractivity contribution < 1.29 is 0 Å². The minimum absolute atomic E-state index is 0.371. The Bertz CT molecular complexity index is 338. The van der Waals surface area contributed by atoms with Crippen molar-refractivity contribution in [2.75, 3.05) is 6.26 Å². The predicted octanol–water partition coefficient (Wildman–Crippen LogP) is 4.22. The van der Waals surface area contributed by atoms with E-state index in [1.807, 2.05) is 0 Å². The fourth-order valence-corrected chi connectivity index (χ4v) is 2.98. The molecule has 94 valence electrons. The average Bonchev–Trinajstić information content (AvgIpc) is 2.38. The fourth-order valence-electron chi connectivity index (χ4n) is 2.57. The van der Waals surface area contributed by atoms with Crippen LogP contribution in [0.3, 0.4) is 0 Å². The Labute approximate surface area is 109 Å². The third-order valence-electron chi connectivity index (χ3n) is 3.84. The summed E-state index contributed by atoms with van der Waals surface area (Å²) in [7, 11) is 0. The summed E-state index contributed by atoms with van der Waals surface area (Å²) in [5, 5.41) is 3.74. The first-order chi connectivity index (χ1) is 8.22. The van der Waals surface area contributed by atoms with E-state index in [4.69, 9.17) is 0 Å². The van der Waals surface area contributed by atoms with E-state index in [-0.39, 0.29) is 0 Å². The zero-order valence-electron chi connectivity index (χ0n) is 11.0. The first-order valence-corrected chi connectivity index (χ1v) is 7.82. The molecule has 1 nitrogen and oxygen atoms in total. The van der Waals surface area contributed by atoms with E-state index in [1.54, 1.807) is 11.8 Å². The largest absolute Gasteiger partial charge is 0.307 e. The van der Waals surface area contributed by atoms with Gasteiger partial charge in [0.2, 0.25) is 0 Å². The van der Waals surface area contributed by atoms with Gasteiger partial charge in [0.15, 0.2) is 0 Å². The highest BCUT2D eigenvalue weighted by atomic mass is 32.2. The van der Waals surface area contributed by atoms with Crippen molar-refractivity contribution in [3.8, 4) is 0 Å². The lowest BCUT2D eigenvalue weighted by Crippen LogP contribution is -2.43. The molecule has 2 heteroatoms. The highest BCUT2D eigenvalue weighted by Gasteiger charge is 2.25. The summed E-state index contributed by atoms with van der Waals surface area (Å²) >= 11 is 1.80. The van der Waals surface area contributed by atoms with E-state index >= 15 is 0 Å². The molecule has 0 saturated heterocycles. The Hall–Kier alpha value is -0.470. The monoisotopic (exact) mass is 249 g/mol. The molecule has 1 fully saturated rings. The summed E-state index contributed by atoms with van der Waals surface area (Å²) in [5.41, 5.74) is 1.77. The predicted molar refractivity (Wildman–Crippen MR) is 76.6 cm³/mol. The molecule has 0 bridgehead atoms. The van der Waals surface area contributed by atoms with Gasteiger partial charge in [0.1, 0.15) is 0 Å². The smallest absolute Gasteiger partial charge is 0.0210 e. The summed E-state index contributed by atoms with van der Waals surface area (Å²) in [5.74, 6) is 0. The molecule has 2 rings (SSSR count). The molecule has 0 radical (unpaired) electrons. The molecule has 0 atom stereocenters. The quantitative estimate of drug-likeness (QED) is 0.802. The maximum Gasteiger partial charge on any atom is 0.0210 e. The molecule has 0 aromatic heterocycles. The Kier molecular flexibility index (Phi) is 4.52. The summed E-state index contributed by atoms with van der Waals surface area (Å²) in [6.45, 7) is 3.38. The lowest BCUT2D eigenvalue weighted by molar-refractivity contribution is 0.252. The van der Waals surface area contributed by atoms with Crippen LogP contribution in [0.15, 0.2) is 29.2 Å². The third kappa shape index (κ3) is 3.75. The van der Waals surface area contributed by atoms with E-state index in [9.17, 15) is 0 Å². The molecule has 1 saturated carbocycles. The van der Waals surface area contributed by atoms with E-state index in [2.05, 4.69) is 42.8 Å². The average molecular weight is 249 g/mol. The second-order valence-corrected chi connectivity index (χ2v) is 6.20. The van der Waals surface area contributed by atoms with Crippen LogP contribution in [0.25, 0.3) is 0 Å². The van der Waals surface area contributed by atoms with Crippen LogP contribution in [0.5, 0.6) is 0 Å². The summed E-state index contributed by atoms with van der Waals surface area (Å²) in [6.07, 6.45) is 8.96. The van der Waals surface area contributed by atoms with Gasteiger partial charge in [-0.3, -0.25) is 0 Å². The van der Waals surface area contributed by atoms with Crippen molar-refractivity contribution >= 4 is 11.8 Å². The molecule has 1 aliphatic rings. The number of benzene rings is 1. The Balaban J connectivity index is 1.87. The van der Waals surface area contributed by atoms with Gasteiger partial charge in [-0.1, -0.05) is 31.4 Å². The molecule has 1 aromatic carbocycles. The second kappa shape index (κ2) is 5.92. The van der Waals surface area contributed by atoms with Crippen LogP contribution in [-0.2, 0) is 6.54 Å². The van der Waals surface area contributed by atoms with Crippen LogP contribution in [0.2, 0.25) is 0 Å². The molecule has 1 aliphatic carbocycles. The summed E-state index contributed by atoms with van der Waals surface area (Å²) < 4.78 is 0. The van der Waals surface area contributed by atoms with Gasteiger partial charge in [0.05, 0.1) is 0 Å². The van der Waals surface area contributed by atoms with Gasteiger partial charge in [-0.25, -0.2) is 0 Å². The number of hydrogen-bond acceptors (Lipinski definition) is 2. The molecule has 1 aromatic rings. The molecule has 0 spiro atoms. The van der Waals surface area contributed by atoms with Crippen LogP contribution in [-0.4, -0.2) is 11.8 Å². The van der Waals surface area contributed by atoms with Crippen molar-refractivity contribution in [2.24, 2.45) is 0 Å². The maximum atomic E-state index is 3.74. The number of thioether (sulfide) groups is 1. The van der Waals surface area contributed by atoms with Gasteiger partial charge in [0.25, 0.3) is 0 Å². The van der Waals surface area contributed by atoms with Crippen LogP contribution >= 0.6 is 11.8 Å². The molecule has 0 unspecified atom stereocenters. The number of rotatable bonds is 4. The molecule has 0 aliphatic heterocycles. The van der Waals surface area contributed by atoms with Gasteiger partial charge in [-0.05, 0) is 43.7 Å². The van der Waals surface area contributed by atoms with Crippen LogP contribution in [0, 0.1) is 0 Å². The molecule has 0 heterocycles. The molecule has 17 heavy (non-hydrogen) atoms. The molecule has 1 N–H and O–H groups in total. The number of nitrogens with one attached hydrogen (secondary N) is 1. The van der Waals surface area contributed by atoms with Gasteiger partial charge < -0.3 is 5.32 Å². The third-order valence-corrected chi connectivity index (χ3v) is 4.58. The molecular formula is C15H23NS. The van der Waals surface area contributed by atoms with Gasteiger partial charge in [-0.2, -0.15) is 0 Å². The van der Waals surface area contributed by atoms with Gasteiger partial charge in [-0.15, -0.1) is 11.8 Å². The molecule has 0 amide bonds. The van der Waals surface area contributed by atoms with Crippen LogP contribution in [0.1, 0.15) is 44.6 Å². The van der Waals surface area contributed by atoms with Crippen molar-refractivity contribution in [1.82, 2.24) is 5.32 Å². The van der Waals surface area contributed by atoms with Gasteiger partial charge >= 0.3 is 0 Å². The second-order valence-electron chi connectivity index (χ2n) is 5.32. The van der Waals surface area contributed by atoms with Crippen molar-refractivity contribution in [1.29, 1.82) is 0 Å². The Morgan fingerprint density at radius 3 is 2.35 bits per heavy atom. The topological polar surface area (TPSA) is 12.0 Å². The van der Waals surface area contributed by atoms with Crippen molar-refractivity contribution in [2.45, 2.75) is 56.0 Å². The van der Waals surface area contributed by atoms with Crippen molar-refractivity contribution in [3.05, 3.63) is 29.8 Å². The Morgan fingerprint density at radius 2 is 1.76 bits per heavy atom. The lowest BCUT2D eigenvalue weighted by Gasteiger charge is -2.34. The molecular weight excluding hydrogens is 226 g/mol. The number of hydrogen-bond donors (Lipinski definition) is 1. The van der Waals surface area contributed by atoms with Crippen LogP contribution < -0.4 is 5.32 Å². The first-order valence-electron chi connectivity index (χ1n) is 6.60. The zero-order valence-corrected chi connectivity index (χ0v) is 11.8. The van der Waals surface area contributed by atoms with E-state index in [0.717, 1.165) is 6.54 Å². The minimum Gasteiger partial charge on any atom is -0.307 e. The summed E-state index contributed by atoms with van der Waals surface area (Å²) in [4.78, 5) is 1.35. The van der Waals surface area contributed by atoms with E-state index in [1.165, 1.54) is 42.6 Å². The zero-order chi connectivity index (χ0) is 12.1. The lowest BCUT2D eigenvalue weighted by atomic mass is 9.83.